The van der Waals surface area contributed by atoms with Crippen LogP contribution >= 0.6 is 0 Å². The van der Waals surface area contributed by atoms with E-state index in [1.165, 1.54) is 0 Å². The zero-order valence-corrected chi connectivity index (χ0v) is 24.7. The Morgan fingerprint density at radius 1 is 0.976 bits per heavy atom. The van der Waals surface area contributed by atoms with E-state index in [9.17, 15) is 9.90 Å². The number of pyridine rings is 1. The topological polar surface area (TPSA) is 113 Å². The van der Waals surface area contributed by atoms with E-state index in [0.717, 1.165) is 22.6 Å². The average molecular weight is 571 g/mol. The van der Waals surface area contributed by atoms with Gasteiger partial charge in [-0.05, 0) is 62.7 Å². The van der Waals surface area contributed by atoms with Crippen LogP contribution in [0.5, 0.6) is 5.75 Å². The zero-order valence-electron chi connectivity index (χ0n) is 24.7. The summed E-state index contributed by atoms with van der Waals surface area (Å²) in [5.41, 5.74) is 3.46. The Morgan fingerprint density at radius 3 is 2.45 bits per heavy atom. The van der Waals surface area contributed by atoms with Crippen LogP contribution in [-0.4, -0.2) is 63.8 Å². The van der Waals surface area contributed by atoms with Gasteiger partial charge in [-0.1, -0.05) is 30.3 Å². The minimum Gasteiger partial charge on any atom is -0.489 e. The van der Waals surface area contributed by atoms with Crippen molar-refractivity contribution < 1.29 is 19.4 Å². The fourth-order valence-electron chi connectivity index (χ4n) is 3.97. The van der Waals surface area contributed by atoms with E-state index in [0.29, 0.717) is 42.7 Å². The maximum atomic E-state index is 12.2. The molecule has 10 nitrogen and oxygen atoms in total. The van der Waals surface area contributed by atoms with Crippen molar-refractivity contribution in [3.8, 4) is 17.0 Å². The molecule has 0 aliphatic rings. The number of nitrogens with zero attached hydrogens (tertiary/aromatic N) is 5. The lowest BCUT2D eigenvalue weighted by atomic mass is 10.2. The predicted molar refractivity (Wildman–Crippen MR) is 164 cm³/mol. The number of carbonyl (C=O) groups excluding carboxylic acids is 1. The van der Waals surface area contributed by atoms with Crippen molar-refractivity contribution in [2.75, 3.05) is 37.4 Å². The zero-order chi connectivity index (χ0) is 30.1. The fourth-order valence-corrected chi connectivity index (χ4v) is 3.97. The summed E-state index contributed by atoms with van der Waals surface area (Å²) in [5, 5.41) is 13.1. The van der Waals surface area contributed by atoms with Gasteiger partial charge in [0.15, 0.2) is 0 Å². The van der Waals surface area contributed by atoms with Crippen LogP contribution in [-0.2, 0) is 18.0 Å². The van der Waals surface area contributed by atoms with E-state index in [2.05, 4.69) is 20.3 Å². The molecule has 0 aliphatic heterocycles. The Balaban J connectivity index is 1.36. The van der Waals surface area contributed by atoms with Crippen molar-refractivity contribution in [2.24, 2.45) is 0 Å². The number of anilines is 3. The molecule has 220 valence electrons. The number of hydrogen-bond donors (Lipinski definition) is 2. The van der Waals surface area contributed by atoms with Crippen LogP contribution in [0.2, 0.25) is 0 Å². The lowest BCUT2D eigenvalue weighted by Gasteiger charge is -2.26. The van der Waals surface area contributed by atoms with E-state index in [4.69, 9.17) is 9.47 Å². The standard InChI is InChI=1S/C32H38N6O4/c1-32(2,3)42-31(40)38(5)18-17-37(4)29-14-11-24(20-34-29)27-15-16-33-30(36-27)35-26-12-13-28(25(19-26)21-39)41-22-23-9-7-6-8-10-23/h6-16,19-20,39H,17-18,21-22H2,1-5H3,(H,33,35,36). The molecule has 0 radical (unpaired) electrons. The number of likely N-dealkylation sites (N-methyl/N-ethyl adjacent to an activating group) is 2. The van der Waals surface area contributed by atoms with E-state index < -0.39 is 5.60 Å². The van der Waals surface area contributed by atoms with Gasteiger partial charge in [0.1, 0.15) is 23.8 Å². The quantitative estimate of drug-likeness (QED) is 0.236. The third kappa shape index (κ3) is 8.65. The summed E-state index contributed by atoms with van der Waals surface area (Å²) in [6.07, 6.45) is 3.09. The molecule has 2 N–H and O–H groups in total. The molecule has 0 bridgehead atoms. The first-order valence-electron chi connectivity index (χ1n) is 13.7. The van der Waals surface area contributed by atoms with Crippen LogP contribution in [0.4, 0.5) is 22.2 Å². The van der Waals surface area contributed by atoms with Gasteiger partial charge in [-0.15, -0.1) is 0 Å². The van der Waals surface area contributed by atoms with Gasteiger partial charge in [0.05, 0.1) is 12.3 Å². The Hall–Kier alpha value is -4.70. The molecule has 0 aliphatic carbocycles. The largest absolute Gasteiger partial charge is 0.489 e. The Bertz CT molecular complexity index is 1460. The number of rotatable bonds is 11. The SMILES string of the molecule is CN(CCN(C)c1ccc(-c2ccnc(Nc3ccc(OCc4ccccc4)c(CO)c3)n2)cn1)C(=O)OC(C)(C)C. The maximum Gasteiger partial charge on any atom is 0.410 e. The van der Waals surface area contributed by atoms with Crippen molar-refractivity contribution in [3.05, 3.63) is 90.3 Å². The molecule has 0 atom stereocenters. The van der Waals surface area contributed by atoms with Gasteiger partial charge in [-0.2, -0.15) is 0 Å². The van der Waals surface area contributed by atoms with Crippen LogP contribution in [0.3, 0.4) is 0 Å². The average Bonchev–Trinajstić information content (AvgIpc) is 2.98. The molecule has 1 amide bonds. The van der Waals surface area contributed by atoms with Gasteiger partial charge in [0, 0.05) is 56.4 Å². The lowest BCUT2D eigenvalue weighted by molar-refractivity contribution is 0.0303. The Morgan fingerprint density at radius 2 is 1.76 bits per heavy atom. The van der Waals surface area contributed by atoms with Crippen molar-refractivity contribution >= 4 is 23.5 Å². The second kappa shape index (κ2) is 13.8. The Kier molecular flexibility index (Phi) is 9.93. The number of aromatic nitrogens is 3. The summed E-state index contributed by atoms with van der Waals surface area (Å²) in [7, 11) is 3.65. The second-order valence-corrected chi connectivity index (χ2v) is 10.9. The van der Waals surface area contributed by atoms with Crippen LogP contribution in [0.25, 0.3) is 11.3 Å². The number of ether oxygens (including phenoxy) is 2. The van der Waals surface area contributed by atoms with Crippen LogP contribution < -0.4 is 15.0 Å². The van der Waals surface area contributed by atoms with Crippen LogP contribution in [0.15, 0.2) is 79.1 Å². The molecule has 42 heavy (non-hydrogen) atoms. The third-order valence-electron chi connectivity index (χ3n) is 6.29. The number of amides is 1. The molecule has 2 aromatic heterocycles. The van der Waals surface area contributed by atoms with E-state index >= 15 is 0 Å². The first-order chi connectivity index (χ1) is 20.1. The van der Waals surface area contributed by atoms with Crippen molar-refractivity contribution in [1.82, 2.24) is 19.9 Å². The summed E-state index contributed by atoms with van der Waals surface area (Å²) < 4.78 is 11.3. The van der Waals surface area contributed by atoms with Crippen molar-refractivity contribution in [1.29, 1.82) is 0 Å². The molecule has 0 saturated heterocycles. The minimum atomic E-state index is -0.532. The maximum absolute atomic E-state index is 12.2. The van der Waals surface area contributed by atoms with E-state index in [1.807, 2.05) is 99.4 Å². The molecule has 0 fully saturated rings. The fraction of sp³-hybridized carbons (Fsp3) is 0.312. The van der Waals surface area contributed by atoms with Crippen molar-refractivity contribution in [3.63, 3.8) is 0 Å². The molecule has 0 saturated carbocycles. The summed E-state index contributed by atoms with van der Waals surface area (Å²) in [5.74, 6) is 1.81. The summed E-state index contributed by atoms with van der Waals surface area (Å²) in [6.45, 7) is 6.88. The van der Waals surface area contributed by atoms with Gasteiger partial charge < -0.3 is 29.7 Å². The number of benzene rings is 2. The molecule has 0 spiro atoms. The second-order valence-electron chi connectivity index (χ2n) is 10.9. The minimum absolute atomic E-state index is 0.162. The summed E-state index contributed by atoms with van der Waals surface area (Å²) >= 11 is 0. The van der Waals surface area contributed by atoms with Crippen LogP contribution in [0.1, 0.15) is 31.9 Å². The summed E-state index contributed by atoms with van der Waals surface area (Å²) in [6, 6.07) is 21.1. The Labute approximate surface area is 247 Å². The smallest absolute Gasteiger partial charge is 0.410 e. The normalized spacial score (nSPS) is 11.1. The number of hydrogen-bond acceptors (Lipinski definition) is 9. The van der Waals surface area contributed by atoms with Gasteiger partial charge in [0.2, 0.25) is 5.95 Å². The van der Waals surface area contributed by atoms with Gasteiger partial charge in [-0.25, -0.2) is 19.7 Å². The molecule has 10 heteroatoms. The highest BCUT2D eigenvalue weighted by molar-refractivity contribution is 5.68. The lowest BCUT2D eigenvalue weighted by Crippen LogP contribution is -2.38. The van der Waals surface area contributed by atoms with Gasteiger partial charge in [-0.3, -0.25) is 0 Å². The molecular weight excluding hydrogens is 532 g/mol. The predicted octanol–water partition coefficient (Wildman–Crippen LogP) is 5.66. The molecular formula is C32H38N6O4. The molecule has 2 heterocycles. The molecule has 0 unspecified atom stereocenters. The number of nitrogens with one attached hydrogen (secondary N) is 1. The number of carbonyl (C=O) groups is 1. The first-order valence-corrected chi connectivity index (χ1v) is 13.7. The summed E-state index contributed by atoms with van der Waals surface area (Å²) in [4.78, 5) is 29.3. The monoisotopic (exact) mass is 570 g/mol. The van der Waals surface area contributed by atoms with E-state index in [-0.39, 0.29) is 12.7 Å². The highest BCUT2D eigenvalue weighted by Gasteiger charge is 2.19. The molecule has 2 aromatic carbocycles. The molecule has 4 aromatic rings. The van der Waals surface area contributed by atoms with Gasteiger partial charge in [0.25, 0.3) is 0 Å². The van der Waals surface area contributed by atoms with Crippen LogP contribution in [0, 0.1) is 0 Å². The van der Waals surface area contributed by atoms with Crippen molar-refractivity contribution in [2.45, 2.75) is 39.6 Å². The van der Waals surface area contributed by atoms with Gasteiger partial charge >= 0.3 is 6.09 Å². The van der Waals surface area contributed by atoms with E-state index in [1.54, 1.807) is 24.3 Å². The highest BCUT2D eigenvalue weighted by Crippen LogP contribution is 2.26. The third-order valence-corrected chi connectivity index (χ3v) is 6.29. The number of aliphatic hydroxyl groups excluding tert-OH is 1. The molecule has 4 rings (SSSR count). The number of aliphatic hydroxyl groups is 1. The highest BCUT2D eigenvalue weighted by atomic mass is 16.6. The first kappa shape index (κ1) is 30.3.